The van der Waals surface area contributed by atoms with Gasteiger partial charge in [-0.15, -0.1) is 6.58 Å². The topological polar surface area (TPSA) is 29.5 Å². The van der Waals surface area contributed by atoms with Crippen LogP contribution >= 0.6 is 0 Å². The van der Waals surface area contributed by atoms with Crippen LogP contribution in [-0.2, 0) is 4.74 Å². The Bertz CT molecular complexity index is 470. The standard InChI is InChI=1S/C20H34O2/c1-7-18(4)13-14(21)16-19(5)11-8-10-17(2,3)15(19)9-12-20(16,6)22-18/h7,14-16,21H,1,8-13H2,2-6H3/t14-,15-,16-,18-,19-,20+/m0/s1. The minimum Gasteiger partial charge on any atom is -0.393 e. The van der Waals surface area contributed by atoms with Gasteiger partial charge in [0, 0.05) is 12.3 Å². The highest BCUT2D eigenvalue weighted by atomic mass is 16.5. The first-order valence-corrected chi connectivity index (χ1v) is 9.08. The Labute approximate surface area is 136 Å². The van der Waals surface area contributed by atoms with Gasteiger partial charge in [-0.3, -0.25) is 0 Å². The fraction of sp³-hybridized carbons (Fsp3) is 0.900. The number of fused-ring (bicyclic) bond motifs is 3. The van der Waals surface area contributed by atoms with E-state index in [2.05, 4.69) is 41.2 Å². The average Bonchev–Trinajstić information content (AvgIpc) is 2.35. The first-order valence-electron chi connectivity index (χ1n) is 9.08. The largest absolute Gasteiger partial charge is 0.393 e. The van der Waals surface area contributed by atoms with E-state index >= 15 is 0 Å². The van der Waals surface area contributed by atoms with Crippen LogP contribution < -0.4 is 0 Å². The molecular weight excluding hydrogens is 272 g/mol. The maximum absolute atomic E-state index is 11.1. The van der Waals surface area contributed by atoms with Crippen LogP contribution in [0, 0.1) is 22.7 Å². The van der Waals surface area contributed by atoms with E-state index in [0.717, 1.165) is 6.42 Å². The van der Waals surface area contributed by atoms with E-state index in [1.165, 1.54) is 25.7 Å². The van der Waals surface area contributed by atoms with E-state index < -0.39 is 5.60 Å². The fourth-order valence-corrected chi connectivity index (χ4v) is 6.74. The zero-order chi connectivity index (χ0) is 16.4. The predicted octanol–water partition coefficient (Wildman–Crippen LogP) is 4.71. The molecule has 0 aromatic rings. The molecule has 1 saturated heterocycles. The molecule has 2 nitrogen and oxygen atoms in total. The van der Waals surface area contributed by atoms with Gasteiger partial charge in [0.05, 0.1) is 17.3 Å². The fourth-order valence-electron chi connectivity index (χ4n) is 6.74. The normalized spacial score (nSPS) is 54.2. The molecule has 0 spiro atoms. The molecule has 0 amide bonds. The highest BCUT2D eigenvalue weighted by Crippen LogP contribution is 2.65. The van der Waals surface area contributed by atoms with Crippen molar-refractivity contribution >= 4 is 0 Å². The maximum Gasteiger partial charge on any atom is 0.0864 e. The molecule has 1 heterocycles. The van der Waals surface area contributed by atoms with Crippen molar-refractivity contribution in [2.45, 2.75) is 90.4 Å². The number of aliphatic hydroxyl groups excluding tert-OH is 1. The molecule has 0 aromatic carbocycles. The highest BCUT2D eigenvalue weighted by molar-refractivity contribution is 5.15. The van der Waals surface area contributed by atoms with Crippen LogP contribution in [0.4, 0.5) is 0 Å². The zero-order valence-electron chi connectivity index (χ0n) is 15.1. The molecule has 3 fully saturated rings. The van der Waals surface area contributed by atoms with Crippen LogP contribution in [0.5, 0.6) is 0 Å². The Hall–Kier alpha value is -0.340. The van der Waals surface area contributed by atoms with Gasteiger partial charge in [0.1, 0.15) is 0 Å². The van der Waals surface area contributed by atoms with Gasteiger partial charge in [-0.2, -0.15) is 0 Å². The molecule has 3 rings (SSSR count). The van der Waals surface area contributed by atoms with Crippen LogP contribution in [0.25, 0.3) is 0 Å². The molecule has 6 atom stereocenters. The van der Waals surface area contributed by atoms with Crippen LogP contribution in [-0.4, -0.2) is 22.4 Å². The first-order chi connectivity index (χ1) is 10.1. The Kier molecular flexibility index (Phi) is 3.63. The molecule has 1 aliphatic heterocycles. The van der Waals surface area contributed by atoms with Crippen LogP contribution in [0.1, 0.15) is 73.1 Å². The molecule has 0 aromatic heterocycles. The second-order valence-electron chi connectivity index (χ2n) is 9.62. The van der Waals surface area contributed by atoms with E-state index in [9.17, 15) is 5.11 Å². The van der Waals surface area contributed by atoms with Crippen molar-refractivity contribution < 1.29 is 9.84 Å². The third-order valence-corrected chi connectivity index (χ3v) is 7.47. The van der Waals surface area contributed by atoms with Gasteiger partial charge in [0.25, 0.3) is 0 Å². The summed E-state index contributed by atoms with van der Waals surface area (Å²) in [5.41, 5.74) is -0.0404. The Morgan fingerprint density at radius 3 is 2.41 bits per heavy atom. The minimum absolute atomic E-state index is 0.191. The summed E-state index contributed by atoms with van der Waals surface area (Å²) in [6.07, 6.45) is 8.38. The molecule has 22 heavy (non-hydrogen) atoms. The Morgan fingerprint density at radius 2 is 1.77 bits per heavy atom. The summed E-state index contributed by atoms with van der Waals surface area (Å²) in [5.74, 6) is 0.935. The van der Waals surface area contributed by atoms with E-state index in [4.69, 9.17) is 4.74 Å². The molecule has 0 radical (unpaired) electrons. The van der Waals surface area contributed by atoms with E-state index in [1.54, 1.807) is 0 Å². The summed E-state index contributed by atoms with van der Waals surface area (Å²) in [5, 5.41) is 11.1. The first kappa shape index (κ1) is 16.5. The molecule has 1 N–H and O–H groups in total. The number of aliphatic hydroxyl groups is 1. The second-order valence-corrected chi connectivity index (χ2v) is 9.62. The van der Waals surface area contributed by atoms with Crippen molar-refractivity contribution in [3.05, 3.63) is 12.7 Å². The monoisotopic (exact) mass is 306 g/mol. The number of hydrogen-bond donors (Lipinski definition) is 1. The van der Waals surface area contributed by atoms with Crippen molar-refractivity contribution in [2.24, 2.45) is 22.7 Å². The Balaban J connectivity index is 2.01. The summed E-state index contributed by atoms with van der Waals surface area (Å²) in [6, 6.07) is 0. The van der Waals surface area contributed by atoms with Gasteiger partial charge < -0.3 is 9.84 Å². The summed E-state index contributed by atoms with van der Waals surface area (Å²) < 4.78 is 6.59. The van der Waals surface area contributed by atoms with Gasteiger partial charge in [-0.05, 0) is 56.3 Å². The molecular formula is C20H34O2. The van der Waals surface area contributed by atoms with Gasteiger partial charge in [0.2, 0.25) is 0 Å². The maximum atomic E-state index is 11.1. The Morgan fingerprint density at radius 1 is 1.09 bits per heavy atom. The van der Waals surface area contributed by atoms with E-state index in [-0.39, 0.29) is 23.0 Å². The van der Waals surface area contributed by atoms with Crippen molar-refractivity contribution in [1.82, 2.24) is 0 Å². The lowest BCUT2D eigenvalue weighted by Gasteiger charge is -2.66. The van der Waals surface area contributed by atoms with Crippen molar-refractivity contribution in [2.75, 3.05) is 0 Å². The number of ether oxygens (including phenoxy) is 1. The van der Waals surface area contributed by atoms with E-state index in [0.29, 0.717) is 17.8 Å². The second kappa shape index (κ2) is 4.83. The van der Waals surface area contributed by atoms with Gasteiger partial charge in [0.15, 0.2) is 0 Å². The summed E-state index contributed by atoms with van der Waals surface area (Å²) in [4.78, 5) is 0. The smallest absolute Gasteiger partial charge is 0.0864 e. The van der Waals surface area contributed by atoms with Crippen molar-refractivity contribution in [3.8, 4) is 0 Å². The molecule has 2 heteroatoms. The van der Waals surface area contributed by atoms with Crippen LogP contribution in [0.15, 0.2) is 12.7 Å². The lowest BCUT2D eigenvalue weighted by Crippen LogP contribution is -2.66. The third kappa shape index (κ3) is 2.21. The number of rotatable bonds is 1. The van der Waals surface area contributed by atoms with Crippen molar-refractivity contribution in [1.29, 1.82) is 0 Å². The summed E-state index contributed by atoms with van der Waals surface area (Å²) >= 11 is 0. The highest BCUT2D eigenvalue weighted by Gasteiger charge is 2.63. The predicted molar refractivity (Wildman–Crippen MR) is 90.7 cm³/mol. The molecule has 3 aliphatic rings. The lowest BCUT2D eigenvalue weighted by atomic mass is 9.44. The SMILES string of the molecule is C=C[C@@]1(C)C[C@H](O)[C@H]2[C@@]3(C)CCCC(C)(C)[C@@H]3CC[C@@]2(C)O1. The number of hydrogen-bond acceptors (Lipinski definition) is 2. The third-order valence-electron chi connectivity index (χ3n) is 7.47. The van der Waals surface area contributed by atoms with Gasteiger partial charge in [-0.1, -0.05) is 33.3 Å². The molecule has 126 valence electrons. The molecule has 2 aliphatic carbocycles. The van der Waals surface area contributed by atoms with Crippen LogP contribution in [0.2, 0.25) is 0 Å². The van der Waals surface area contributed by atoms with Crippen LogP contribution in [0.3, 0.4) is 0 Å². The minimum atomic E-state index is -0.391. The summed E-state index contributed by atoms with van der Waals surface area (Å²) in [6.45, 7) is 15.6. The van der Waals surface area contributed by atoms with Gasteiger partial charge in [-0.25, -0.2) is 0 Å². The van der Waals surface area contributed by atoms with E-state index in [1.807, 2.05) is 6.08 Å². The summed E-state index contributed by atoms with van der Waals surface area (Å²) in [7, 11) is 0. The quantitative estimate of drug-likeness (QED) is 0.711. The molecule has 2 saturated carbocycles. The zero-order valence-corrected chi connectivity index (χ0v) is 15.1. The average molecular weight is 306 g/mol. The molecule has 0 bridgehead atoms. The van der Waals surface area contributed by atoms with Crippen molar-refractivity contribution in [3.63, 3.8) is 0 Å². The molecule has 0 unspecified atom stereocenters. The van der Waals surface area contributed by atoms with Gasteiger partial charge >= 0.3 is 0 Å². The lowest BCUT2D eigenvalue weighted by molar-refractivity contribution is -0.283.